The second kappa shape index (κ2) is 9.49. The van der Waals surface area contributed by atoms with Crippen LogP contribution in [0.25, 0.3) is 0 Å². The van der Waals surface area contributed by atoms with E-state index in [0.717, 1.165) is 5.56 Å². The maximum absolute atomic E-state index is 13.6. The zero-order valence-electron chi connectivity index (χ0n) is 16.3. The number of rotatable bonds is 6. The number of hydrogen-bond donors (Lipinski definition) is 1. The number of piperidine rings is 1. The second-order valence-corrected chi connectivity index (χ2v) is 7.45. The van der Waals surface area contributed by atoms with Crippen molar-refractivity contribution in [2.45, 2.75) is 32.6 Å². The summed E-state index contributed by atoms with van der Waals surface area (Å²) in [7, 11) is 0. The Morgan fingerprint density at radius 3 is 2.43 bits per heavy atom. The molecule has 5 heteroatoms. The predicted molar refractivity (Wildman–Crippen MR) is 107 cm³/mol. The number of nitrogens with zero attached hydrogens (tertiary/aromatic N) is 1. The number of hydrogen-bond acceptors (Lipinski definition) is 2. The van der Waals surface area contributed by atoms with E-state index >= 15 is 0 Å². The minimum absolute atomic E-state index is 0.00183. The largest absolute Gasteiger partial charge is 0.356 e. The van der Waals surface area contributed by atoms with Gasteiger partial charge >= 0.3 is 0 Å². The van der Waals surface area contributed by atoms with Gasteiger partial charge in [0.25, 0.3) is 0 Å². The van der Waals surface area contributed by atoms with Crippen molar-refractivity contribution in [2.75, 3.05) is 19.6 Å². The Kier molecular flexibility index (Phi) is 6.80. The average Bonchev–Trinajstić information content (AvgIpc) is 2.71. The smallest absolute Gasteiger partial charge is 0.226 e. The summed E-state index contributed by atoms with van der Waals surface area (Å²) in [6.45, 7) is 3.66. The van der Waals surface area contributed by atoms with E-state index < -0.39 is 0 Å². The number of likely N-dealkylation sites (tertiary alicyclic amines) is 1. The van der Waals surface area contributed by atoms with Crippen LogP contribution < -0.4 is 5.32 Å². The van der Waals surface area contributed by atoms with Crippen molar-refractivity contribution in [3.8, 4) is 0 Å². The molecule has 0 radical (unpaired) electrons. The molecule has 1 aliphatic heterocycles. The zero-order valence-corrected chi connectivity index (χ0v) is 16.3. The number of halogens is 1. The first-order valence-electron chi connectivity index (χ1n) is 9.87. The molecule has 0 spiro atoms. The molecule has 1 fully saturated rings. The van der Waals surface area contributed by atoms with Crippen LogP contribution in [-0.2, 0) is 22.4 Å². The molecule has 1 saturated heterocycles. The molecule has 0 aromatic heterocycles. The Morgan fingerprint density at radius 1 is 1.07 bits per heavy atom. The molecular weight excluding hydrogens is 355 g/mol. The van der Waals surface area contributed by atoms with E-state index in [-0.39, 0.29) is 23.5 Å². The number of amides is 2. The summed E-state index contributed by atoms with van der Waals surface area (Å²) < 4.78 is 13.6. The Bertz CT molecular complexity index is 812. The lowest BCUT2D eigenvalue weighted by molar-refractivity contribution is -0.135. The molecule has 28 heavy (non-hydrogen) atoms. The Morgan fingerprint density at radius 2 is 1.75 bits per heavy atom. The summed E-state index contributed by atoms with van der Waals surface area (Å²) in [6, 6.07) is 14.6. The van der Waals surface area contributed by atoms with Crippen LogP contribution in [-0.4, -0.2) is 36.3 Å². The monoisotopic (exact) mass is 382 g/mol. The van der Waals surface area contributed by atoms with Crippen molar-refractivity contribution in [1.82, 2.24) is 10.2 Å². The third kappa shape index (κ3) is 5.41. The highest BCUT2D eigenvalue weighted by Crippen LogP contribution is 2.18. The summed E-state index contributed by atoms with van der Waals surface area (Å²) in [6.07, 6.45) is 2.22. The first kappa shape index (κ1) is 20.1. The summed E-state index contributed by atoms with van der Waals surface area (Å²) in [5.41, 5.74) is 2.81. The molecule has 3 rings (SSSR count). The fourth-order valence-electron chi connectivity index (χ4n) is 3.55. The lowest BCUT2D eigenvalue weighted by atomic mass is 9.95. The first-order chi connectivity index (χ1) is 13.5. The Balaban J connectivity index is 1.40. The van der Waals surface area contributed by atoms with E-state index in [1.807, 2.05) is 36.1 Å². The van der Waals surface area contributed by atoms with Crippen LogP contribution >= 0.6 is 0 Å². The number of nitrogens with one attached hydrogen (secondary N) is 1. The van der Waals surface area contributed by atoms with Gasteiger partial charge in [-0.15, -0.1) is 0 Å². The van der Waals surface area contributed by atoms with Crippen molar-refractivity contribution in [1.29, 1.82) is 0 Å². The van der Waals surface area contributed by atoms with Crippen molar-refractivity contribution in [3.63, 3.8) is 0 Å². The molecule has 0 unspecified atom stereocenters. The van der Waals surface area contributed by atoms with Crippen LogP contribution in [0.1, 0.15) is 29.5 Å². The van der Waals surface area contributed by atoms with E-state index in [1.165, 1.54) is 11.6 Å². The van der Waals surface area contributed by atoms with E-state index in [4.69, 9.17) is 0 Å². The van der Waals surface area contributed by atoms with Crippen LogP contribution in [0.15, 0.2) is 48.5 Å². The molecule has 2 amide bonds. The molecule has 2 aromatic rings. The number of aryl methyl sites for hydroxylation is 1. The summed E-state index contributed by atoms with van der Waals surface area (Å²) in [4.78, 5) is 26.7. The lowest BCUT2D eigenvalue weighted by Gasteiger charge is -2.31. The van der Waals surface area contributed by atoms with Crippen LogP contribution in [0.5, 0.6) is 0 Å². The minimum Gasteiger partial charge on any atom is -0.356 e. The normalized spacial score (nSPS) is 14.7. The Labute approximate surface area is 165 Å². The first-order valence-corrected chi connectivity index (χ1v) is 9.87. The van der Waals surface area contributed by atoms with Crippen LogP contribution in [0.4, 0.5) is 4.39 Å². The van der Waals surface area contributed by atoms with E-state index in [9.17, 15) is 14.0 Å². The summed E-state index contributed by atoms with van der Waals surface area (Å²) in [5.74, 6) is -0.203. The van der Waals surface area contributed by atoms with Gasteiger partial charge in [0.1, 0.15) is 5.82 Å². The van der Waals surface area contributed by atoms with Crippen molar-refractivity contribution < 1.29 is 14.0 Å². The molecule has 0 atom stereocenters. The average molecular weight is 382 g/mol. The summed E-state index contributed by atoms with van der Waals surface area (Å²) >= 11 is 0. The lowest BCUT2D eigenvalue weighted by Crippen LogP contribution is -2.43. The fourth-order valence-corrected chi connectivity index (χ4v) is 3.55. The van der Waals surface area contributed by atoms with Gasteiger partial charge in [0.15, 0.2) is 0 Å². The SMILES string of the molecule is Cc1ccc(CC(=O)N2CCC(C(=O)NCCc3ccccc3F)CC2)cc1. The number of benzene rings is 2. The second-order valence-electron chi connectivity index (χ2n) is 7.45. The van der Waals surface area contributed by atoms with Crippen molar-refractivity contribution >= 4 is 11.8 Å². The maximum Gasteiger partial charge on any atom is 0.226 e. The molecule has 0 saturated carbocycles. The number of carbonyl (C=O) groups excluding carboxylic acids is 2. The van der Waals surface area contributed by atoms with E-state index in [0.29, 0.717) is 50.9 Å². The molecule has 1 N–H and O–H groups in total. The molecule has 0 aliphatic carbocycles. The highest BCUT2D eigenvalue weighted by molar-refractivity contribution is 5.81. The Hall–Kier alpha value is -2.69. The summed E-state index contributed by atoms with van der Waals surface area (Å²) in [5, 5.41) is 2.91. The van der Waals surface area contributed by atoms with Gasteiger partial charge in [0, 0.05) is 25.6 Å². The third-order valence-corrected chi connectivity index (χ3v) is 5.35. The van der Waals surface area contributed by atoms with Crippen LogP contribution in [0.3, 0.4) is 0 Å². The van der Waals surface area contributed by atoms with Crippen molar-refractivity contribution in [3.05, 3.63) is 71.0 Å². The molecule has 1 heterocycles. The van der Waals surface area contributed by atoms with Gasteiger partial charge in [-0.2, -0.15) is 0 Å². The van der Waals surface area contributed by atoms with Gasteiger partial charge in [0.05, 0.1) is 6.42 Å². The molecular formula is C23H27FN2O2. The molecule has 2 aromatic carbocycles. The highest BCUT2D eigenvalue weighted by atomic mass is 19.1. The number of carbonyl (C=O) groups is 2. The highest BCUT2D eigenvalue weighted by Gasteiger charge is 2.27. The minimum atomic E-state index is -0.239. The van der Waals surface area contributed by atoms with Gasteiger partial charge in [-0.3, -0.25) is 9.59 Å². The molecule has 1 aliphatic rings. The van der Waals surface area contributed by atoms with E-state index in [1.54, 1.807) is 18.2 Å². The quantitative estimate of drug-likeness (QED) is 0.834. The van der Waals surface area contributed by atoms with Gasteiger partial charge < -0.3 is 10.2 Å². The maximum atomic E-state index is 13.6. The molecule has 0 bridgehead atoms. The fraction of sp³-hybridized carbons (Fsp3) is 0.391. The van der Waals surface area contributed by atoms with Crippen LogP contribution in [0, 0.1) is 18.7 Å². The van der Waals surface area contributed by atoms with Crippen LogP contribution in [0.2, 0.25) is 0 Å². The molecule has 4 nitrogen and oxygen atoms in total. The van der Waals surface area contributed by atoms with Gasteiger partial charge in [-0.1, -0.05) is 48.0 Å². The topological polar surface area (TPSA) is 49.4 Å². The van der Waals surface area contributed by atoms with Gasteiger partial charge in [-0.05, 0) is 43.4 Å². The van der Waals surface area contributed by atoms with Gasteiger partial charge in [-0.25, -0.2) is 4.39 Å². The molecule has 148 valence electrons. The predicted octanol–water partition coefficient (Wildman–Crippen LogP) is 3.27. The standard InChI is InChI=1S/C23H27FN2O2/c1-17-6-8-18(9-7-17)16-22(27)26-14-11-20(12-15-26)23(28)25-13-10-19-4-2-3-5-21(19)24/h2-9,20H,10-16H2,1H3,(H,25,28). The van der Waals surface area contributed by atoms with Gasteiger partial charge in [0.2, 0.25) is 11.8 Å². The third-order valence-electron chi connectivity index (χ3n) is 5.35. The van der Waals surface area contributed by atoms with Crippen molar-refractivity contribution in [2.24, 2.45) is 5.92 Å². The van der Waals surface area contributed by atoms with E-state index in [2.05, 4.69) is 5.32 Å². The zero-order chi connectivity index (χ0) is 19.9.